The standard InChI is InChI=1S/C22H32N2O3/c1-19-8-4-9-20(2,18(26)27-3)15(19)7-10-21-13-14(5-6-16(19)21)22(17(21)25)11-12-23-24-22/h14-16H,4-13H2,1-3H3/t14-,15+,16+,19-,20-,21-,22-/m1/s1. The topological polar surface area (TPSA) is 68.1 Å². The van der Waals surface area contributed by atoms with E-state index in [0.29, 0.717) is 30.1 Å². The average Bonchev–Trinajstić information content (AvgIpc) is 3.21. The van der Waals surface area contributed by atoms with E-state index in [-0.39, 0.29) is 16.8 Å². The molecule has 0 aromatic carbocycles. The molecule has 5 nitrogen and oxygen atoms in total. The van der Waals surface area contributed by atoms with Gasteiger partial charge in [0.2, 0.25) is 0 Å². The average molecular weight is 373 g/mol. The molecule has 0 N–H and O–H groups in total. The number of azo groups is 1. The summed E-state index contributed by atoms with van der Waals surface area (Å²) in [6, 6.07) is 0. The smallest absolute Gasteiger partial charge is 0.311 e. The fourth-order valence-electron chi connectivity index (χ4n) is 8.70. The second-order valence-corrected chi connectivity index (χ2v) is 10.5. The first-order valence-corrected chi connectivity index (χ1v) is 10.9. The van der Waals surface area contributed by atoms with Gasteiger partial charge in [-0.05, 0) is 75.0 Å². The molecule has 0 unspecified atom stereocenters. The highest BCUT2D eigenvalue weighted by atomic mass is 16.5. The maximum Gasteiger partial charge on any atom is 0.311 e. The summed E-state index contributed by atoms with van der Waals surface area (Å²) in [6.45, 7) is 5.22. The summed E-state index contributed by atoms with van der Waals surface area (Å²) < 4.78 is 5.25. The van der Waals surface area contributed by atoms with Crippen LogP contribution in [0.1, 0.15) is 71.6 Å². The molecule has 0 aromatic rings. The number of hydrogen-bond donors (Lipinski definition) is 0. The summed E-state index contributed by atoms with van der Waals surface area (Å²) >= 11 is 0. The normalized spacial score (nSPS) is 53.3. The molecule has 4 aliphatic carbocycles. The van der Waals surface area contributed by atoms with Gasteiger partial charge < -0.3 is 4.74 Å². The summed E-state index contributed by atoms with van der Waals surface area (Å²) in [7, 11) is 1.52. The molecule has 27 heavy (non-hydrogen) atoms. The molecule has 1 heterocycles. The van der Waals surface area contributed by atoms with Crippen molar-refractivity contribution in [2.75, 3.05) is 13.7 Å². The number of carbonyl (C=O) groups excluding carboxylic acids is 2. The number of ketones is 1. The number of Topliss-reactive ketones (excluding diaryl/α,β-unsaturated/α-hetero) is 1. The number of nitrogens with zero attached hydrogens (tertiary/aromatic N) is 2. The summed E-state index contributed by atoms with van der Waals surface area (Å²) in [4.78, 5) is 26.6. The monoisotopic (exact) mass is 372 g/mol. The SMILES string of the molecule is COC(=O)[C@]1(C)CCC[C@@]2(C)[C@@H]3CC[C@@H]4C[C@@]3(CC[C@@H]21)C(=O)[C@@]41CCN=N1. The highest BCUT2D eigenvalue weighted by Gasteiger charge is 2.73. The van der Waals surface area contributed by atoms with Gasteiger partial charge in [0.05, 0.1) is 19.1 Å². The molecule has 148 valence electrons. The zero-order valence-electron chi connectivity index (χ0n) is 16.9. The predicted molar refractivity (Wildman–Crippen MR) is 100 cm³/mol. The van der Waals surface area contributed by atoms with Crippen LogP contribution in [0.2, 0.25) is 0 Å². The number of hydrogen-bond acceptors (Lipinski definition) is 5. The molecule has 4 saturated carbocycles. The van der Waals surface area contributed by atoms with E-state index < -0.39 is 11.0 Å². The minimum atomic E-state index is -0.502. The number of fused-ring (bicyclic) bond motifs is 4. The molecule has 5 heteroatoms. The van der Waals surface area contributed by atoms with Gasteiger partial charge in [-0.2, -0.15) is 10.2 Å². The molecule has 0 aromatic heterocycles. The van der Waals surface area contributed by atoms with Gasteiger partial charge in [-0.15, -0.1) is 0 Å². The van der Waals surface area contributed by atoms with Gasteiger partial charge in [-0.3, -0.25) is 9.59 Å². The molecule has 5 aliphatic rings. The van der Waals surface area contributed by atoms with Crippen molar-refractivity contribution in [3.63, 3.8) is 0 Å². The fraction of sp³-hybridized carbons (Fsp3) is 0.909. The van der Waals surface area contributed by atoms with E-state index in [4.69, 9.17) is 4.74 Å². The van der Waals surface area contributed by atoms with Gasteiger partial charge in [-0.25, -0.2) is 0 Å². The van der Waals surface area contributed by atoms with Gasteiger partial charge in [0, 0.05) is 11.8 Å². The maximum atomic E-state index is 13.9. The van der Waals surface area contributed by atoms with Crippen molar-refractivity contribution < 1.29 is 14.3 Å². The van der Waals surface area contributed by atoms with E-state index in [1.54, 1.807) is 0 Å². The predicted octanol–water partition coefficient (Wildman–Crippen LogP) is 4.35. The third kappa shape index (κ3) is 1.91. The molecule has 1 aliphatic heterocycles. The first-order valence-electron chi connectivity index (χ1n) is 10.9. The summed E-state index contributed by atoms with van der Waals surface area (Å²) in [5.74, 6) is 1.44. The van der Waals surface area contributed by atoms with E-state index in [1.807, 2.05) is 0 Å². The Morgan fingerprint density at radius 3 is 2.59 bits per heavy atom. The second kappa shape index (κ2) is 5.42. The number of methoxy groups -OCH3 is 1. The van der Waals surface area contributed by atoms with Gasteiger partial charge in [0.15, 0.2) is 5.78 Å². The fourth-order valence-corrected chi connectivity index (χ4v) is 8.70. The van der Waals surface area contributed by atoms with Crippen LogP contribution in [0.5, 0.6) is 0 Å². The largest absolute Gasteiger partial charge is 0.469 e. The van der Waals surface area contributed by atoms with Gasteiger partial charge in [-0.1, -0.05) is 13.3 Å². The molecule has 7 atom stereocenters. The molecule has 2 bridgehead atoms. The van der Waals surface area contributed by atoms with Crippen molar-refractivity contribution in [2.45, 2.75) is 77.2 Å². The second-order valence-electron chi connectivity index (χ2n) is 10.5. The Balaban J connectivity index is 1.57. The zero-order chi connectivity index (χ0) is 19.1. The first-order chi connectivity index (χ1) is 12.8. The third-order valence-corrected chi connectivity index (χ3v) is 9.75. The Hall–Kier alpha value is -1.26. The molecule has 0 radical (unpaired) electrons. The van der Waals surface area contributed by atoms with Crippen molar-refractivity contribution in [3.05, 3.63) is 0 Å². The zero-order valence-corrected chi connectivity index (χ0v) is 16.9. The van der Waals surface area contributed by atoms with E-state index in [0.717, 1.165) is 57.8 Å². The van der Waals surface area contributed by atoms with Crippen LogP contribution in [0, 0.1) is 34.0 Å². The number of carbonyl (C=O) groups is 2. The lowest BCUT2D eigenvalue weighted by Crippen LogP contribution is -2.60. The van der Waals surface area contributed by atoms with Crippen LogP contribution in [0.15, 0.2) is 10.2 Å². The summed E-state index contributed by atoms with van der Waals surface area (Å²) in [6.07, 6.45) is 9.01. The minimum absolute atomic E-state index is 0.0430. The van der Waals surface area contributed by atoms with Crippen LogP contribution in [0.4, 0.5) is 0 Å². The van der Waals surface area contributed by atoms with Gasteiger partial charge in [0.1, 0.15) is 5.54 Å². The minimum Gasteiger partial charge on any atom is -0.469 e. The van der Waals surface area contributed by atoms with Gasteiger partial charge in [0.25, 0.3) is 0 Å². The van der Waals surface area contributed by atoms with Crippen molar-refractivity contribution in [1.29, 1.82) is 0 Å². The van der Waals surface area contributed by atoms with Crippen molar-refractivity contribution in [1.82, 2.24) is 0 Å². The quantitative estimate of drug-likeness (QED) is 0.643. The van der Waals surface area contributed by atoms with Crippen LogP contribution >= 0.6 is 0 Å². The molecule has 2 spiro atoms. The summed E-state index contributed by atoms with van der Waals surface area (Å²) in [5, 5.41) is 8.84. The number of esters is 1. The van der Waals surface area contributed by atoms with Crippen molar-refractivity contribution in [3.8, 4) is 0 Å². The molecule has 0 amide bonds. The van der Waals surface area contributed by atoms with Crippen LogP contribution < -0.4 is 0 Å². The molecular formula is C22H32N2O3. The Kier molecular flexibility index (Phi) is 3.57. The lowest BCUT2D eigenvalue weighted by Gasteiger charge is -2.62. The lowest BCUT2D eigenvalue weighted by atomic mass is 9.41. The van der Waals surface area contributed by atoms with Crippen LogP contribution in [-0.2, 0) is 14.3 Å². The van der Waals surface area contributed by atoms with E-state index in [1.165, 1.54) is 7.11 Å². The Labute approximate surface area is 161 Å². The van der Waals surface area contributed by atoms with E-state index >= 15 is 0 Å². The first kappa shape index (κ1) is 17.8. The van der Waals surface area contributed by atoms with Crippen molar-refractivity contribution >= 4 is 11.8 Å². The molecule has 0 saturated heterocycles. The number of ether oxygens (including phenoxy) is 1. The molecular weight excluding hydrogens is 340 g/mol. The highest BCUT2D eigenvalue weighted by Crippen LogP contribution is 2.72. The van der Waals surface area contributed by atoms with Crippen LogP contribution in [0.3, 0.4) is 0 Å². The Morgan fingerprint density at radius 1 is 1.07 bits per heavy atom. The van der Waals surface area contributed by atoms with Crippen LogP contribution in [0.25, 0.3) is 0 Å². The molecule has 5 rings (SSSR count). The number of rotatable bonds is 1. The lowest BCUT2D eigenvalue weighted by molar-refractivity contribution is -0.185. The maximum absolute atomic E-state index is 13.9. The van der Waals surface area contributed by atoms with Crippen molar-refractivity contribution in [2.24, 2.45) is 44.2 Å². The third-order valence-electron chi connectivity index (χ3n) is 9.75. The molecule has 4 fully saturated rings. The Bertz CT molecular complexity index is 735. The Morgan fingerprint density at radius 2 is 1.89 bits per heavy atom. The van der Waals surface area contributed by atoms with E-state index in [2.05, 4.69) is 24.1 Å². The van der Waals surface area contributed by atoms with E-state index in [9.17, 15) is 9.59 Å². The summed E-state index contributed by atoms with van der Waals surface area (Å²) in [5.41, 5.74) is -1.09. The van der Waals surface area contributed by atoms with Crippen LogP contribution in [-0.4, -0.2) is 30.9 Å². The highest BCUT2D eigenvalue weighted by molar-refractivity contribution is 5.97. The van der Waals surface area contributed by atoms with Gasteiger partial charge >= 0.3 is 5.97 Å².